The van der Waals surface area contributed by atoms with E-state index in [4.69, 9.17) is 0 Å². The number of carbonyl (C=O) groups excluding carboxylic acids is 1. The Balaban J connectivity index is 1.51. The summed E-state index contributed by atoms with van der Waals surface area (Å²) in [5, 5.41) is 0. The molecular weight excluding hydrogens is 503 g/mol. The minimum atomic E-state index is -4.43. The summed E-state index contributed by atoms with van der Waals surface area (Å²) in [6.07, 6.45) is -4.43. The molecule has 0 aromatic heterocycles. The Hall–Kier alpha value is -3.53. The molecule has 1 amide bonds. The van der Waals surface area contributed by atoms with E-state index in [1.54, 1.807) is 52.3 Å². The van der Waals surface area contributed by atoms with Crippen LogP contribution in [0.5, 0.6) is 0 Å². The molecule has 1 saturated heterocycles. The lowest BCUT2D eigenvalue weighted by molar-refractivity contribution is -0.137. The van der Waals surface area contributed by atoms with Crippen molar-refractivity contribution in [3.63, 3.8) is 0 Å². The molecule has 37 heavy (non-hydrogen) atoms. The SMILES string of the molecule is Cc1ccc(N(CC(=O)N2CCN(c3cccc(C(F)(F)F)c3)CC2)S(=O)(=O)c2ccc(C)cc2)cc1. The summed E-state index contributed by atoms with van der Waals surface area (Å²) in [4.78, 5) is 16.7. The van der Waals surface area contributed by atoms with Gasteiger partial charge in [-0.25, -0.2) is 8.42 Å². The van der Waals surface area contributed by atoms with Crippen LogP contribution in [0, 0.1) is 13.8 Å². The van der Waals surface area contributed by atoms with E-state index in [-0.39, 0.29) is 30.4 Å². The minimum Gasteiger partial charge on any atom is -0.368 e. The number of hydrogen-bond acceptors (Lipinski definition) is 4. The number of piperazine rings is 1. The van der Waals surface area contributed by atoms with Crippen molar-refractivity contribution in [2.45, 2.75) is 24.9 Å². The van der Waals surface area contributed by atoms with Gasteiger partial charge in [0, 0.05) is 31.9 Å². The van der Waals surface area contributed by atoms with Crippen LogP contribution in [0.2, 0.25) is 0 Å². The molecule has 0 bridgehead atoms. The number of benzene rings is 3. The number of rotatable bonds is 6. The van der Waals surface area contributed by atoms with Crippen LogP contribution in [-0.2, 0) is 21.0 Å². The van der Waals surface area contributed by atoms with E-state index in [1.165, 1.54) is 18.2 Å². The Kier molecular flexibility index (Phi) is 7.49. The predicted molar refractivity (Wildman–Crippen MR) is 137 cm³/mol. The van der Waals surface area contributed by atoms with Crippen LogP contribution in [0.4, 0.5) is 24.5 Å². The molecule has 0 unspecified atom stereocenters. The Labute approximate surface area is 215 Å². The van der Waals surface area contributed by atoms with Gasteiger partial charge in [0.05, 0.1) is 16.1 Å². The molecule has 196 valence electrons. The molecule has 0 aliphatic carbocycles. The zero-order chi connectivity index (χ0) is 26.8. The summed E-state index contributed by atoms with van der Waals surface area (Å²) in [6.45, 7) is 4.56. The fraction of sp³-hybridized carbons (Fsp3) is 0.296. The van der Waals surface area contributed by atoms with Crippen molar-refractivity contribution in [3.05, 3.63) is 89.5 Å². The maximum absolute atomic E-state index is 13.6. The van der Waals surface area contributed by atoms with Gasteiger partial charge in [0.1, 0.15) is 6.54 Å². The van der Waals surface area contributed by atoms with Gasteiger partial charge in [0.15, 0.2) is 0 Å². The van der Waals surface area contributed by atoms with Crippen molar-refractivity contribution in [3.8, 4) is 0 Å². The van der Waals surface area contributed by atoms with Gasteiger partial charge >= 0.3 is 6.18 Å². The number of alkyl halides is 3. The van der Waals surface area contributed by atoms with Crippen LogP contribution >= 0.6 is 0 Å². The molecule has 10 heteroatoms. The number of aryl methyl sites for hydroxylation is 2. The van der Waals surface area contributed by atoms with Gasteiger partial charge in [-0.3, -0.25) is 9.10 Å². The fourth-order valence-electron chi connectivity index (χ4n) is 4.18. The third-order valence-electron chi connectivity index (χ3n) is 6.38. The van der Waals surface area contributed by atoms with Gasteiger partial charge in [0.2, 0.25) is 5.91 Å². The number of carbonyl (C=O) groups is 1. The molecular formula is C27H28F3N3O3S. The summed E-state index contributed by atoms with van der Waals surface area (Å²) in [5.74, 6) is -0.375. The van der Waals surface area contributed by atoms with Crippen LogP contribution in [-0.4, -0.2) is 51.9 Å². The number of sulfonamides is 1. The second-order valence-corrected chi connectivity index (χ2v) is 10.9. The van der Waals surface area contributed by atoms with Gasteiger partial charge < -0.3 is 9.80 Å². The molecule has 1 fully saturated rings. The molecule has 1 heterocycles. The first-order valence-electron chi connectivity index (χ1n) is 11.8. The van der Waals surface area contributed by atoms with Crippen LogP contribution in [0.1, 0.15) is 16.7 Å². The average molecular weight is 532 g/mol. The van der Waals surface area contributed by atoms with Crippen molar-refractivity contribution >= 4 is 27.3 Å². The standard InChI is InChI=1S/C27H28F3N3O3S/c1-20-6-10-23(11-7-20)33(37(35,36)25-12-8-21(2)9-13-25)19-26(34)32-16-14-31(15-17-32)24-5-3-4-22(18-24)27(28,29)30/h3-13,18H,14-17,19H2,1-2H3. The number of hydrogen-bond donors (Lipinski definition) is 0. The molecule has 3 aromatic carbocycles. The molecule has 0 spiro atoms. The van der Waals surface area contributed by atoms with Crippen molar-refractivity contribution in [2.75, 3.05) is 41.9 Å². The Morgan fingerprint density at radius 1 is 0.865 bits per heavy atom. The van der Waals surface area contributed by atoms with E-state index in [0.29, 0.717) is 24.5 Å². The van der Waals surface area contributed by atoms with Crippen molar-refractivity contribution in [1.29, 1.82) is 0 Å². The van der Waals surface area contributed by atoms with E-state index in [9.17, 15) is 26.4 Å². The zero-order valence-electron chi connectivity index (χ0n) is 20.6. The highest BCUT2D eigenvalue weighted by Gasteiger charge is 2.32. The minimum absolute atomic E-state index is 0.0841. The first kappa shape index (κ1) is 26.5. The second kappa shape index (κ2) is 10.5. The van der Waals surface area contributed by atoms with E-state index >= 15 is 0 Å². The summed E-state index contributed by atoms with van der Waals surface area (Å²) >= 11 is 0. The Bertz CT molecular complexity index is 1350. The van der Waals surface area contributed by atoms with E-state index in [1.807, 2.05) is 13.8 Å². The molecule has 4 rings (SSSR count). The zero-order valence-corrected chi connectivity index (χ0v) is 21.4. The summed E-state index contributed by atoms with van der Waals surface area (Å²) in [6, 6.07) is 18.4. The van der Waals surface area contributed by atoms with Crippen LogP contribution in [0.15, 0.2) is 77.7 Å². The van der Waals surface area contributed by atoms with Crippen LogP contribution < -0.4 is 9.21 Å². The Morgan fingerprint density at radius 3 is 2.00 bits per heavy atom. The molecule has 0 atom stereocenters. The number of halogens is 3. The smallest absolute Gasteiger partial charge is 0.368 e. The van der Waals surface area contributed by atoms with E-state index in [2.05, 4.69) is 0 Å². The van der Waals surface area contributed by atoms with E-state index < -0.39 is 21.8 Å². The van der Waals surface area contributed by atoms with Gasteiger partial charge in [-0.2, -0.15) is 13.2 Å². The highest BCUT2D eigenvalue weighted by Crippen LogP contribution is 2.32. The average Bonchev–Trinajstić information content (AvgIpc) is 2.87. The summed E-state index contributed by atoms with van der Waals surface area (Å²) in [5.41, 5.74) is 1.95. The second-order valence-electron chi connectivity index (χ2n) is 9.08. The first-order valence-corrected chi connectivity index (χ1v) is 13.3. The lowest BCUT2D eigenvalue weighted by Crippen LogP contribution is -2.52. The van der Waals surface area contributed by atoms with Crippen molar-refractivity contribution < 1.29 is 26.4 Å². The van der Waals surface area contributed by atoms with Crippen LogP contribution in [0.3, 0.4) is 0 Å². The van der Waals surface area contributed by atoms with Crippen molar-refractivity contribution in [2.24, 2.45) is 0 Å². The molecule has 3 aromatic rings. The maximum atomic E-state index is 13.6. The van der Waals surface area contributed by atoms with Crippen LogP contribution in [0.25, 0.3) is 0 Å². The summed E-state index contributed by atoms with van der Waals surface area (Å²) < 4.78 is 67.5. The molecule has 0 radical (unpaired) electrons. The molecule has 0 saturated carbocycles. The number of anilines is 2. The predicted octanol–water partition coefficient (Wildman–Crippen LogP) is 4.87. The molecule has 0 N–H and O–H groups in total. The maximum Gasteiger partial charge on any atom is 0.416 e. The number of amides is 1. The quantitative estimate of drug-likeness (QED) is 0.456. The fourth-order valence-corrected chi connectivity index (χ4v) is 5.59. The lowest BCUT2D eigenvalue weighted by Gasteiger charge is -2.37. The monoisotopic (exact) mass is 531 g/mol. The van der Waals surface area contributed by atoms with Gasteiger partial charge in [-0.05, 0) is 56.3 Å². The highest BCUT2D eigenvalue weighted by atomic mass is 32.2. The third kappa shape index (κ3) is 6.07. The van der Waals surface area contributed by atoms with Crippen molar-refractivity contribution in [1.82, 2.24) is 4.90 Å². The normalized spacial score (nSPS) is 14.5. The summed E-state index contributed by atoms with van der Waals surface area (Å²) in [7, 11) is -4.02. The van der Waals surface area contributed by atoms with Gasteiger partial charge in [-0.1, -0.05) is 41.5 Å². The molecule has 1 aliphatic rings. The topological polar surface area (TPSA) is 60.9 Å². The molecule has 1 aliphatic heterocycles. The largest absolute Gasteiger partial charge is 0.416 e. The highest BCUT2D eigenvalue weighted by molar-refractivity contribution is 7.92. The first-order chi connectivity index (χ1) is 17.4. The molecule has 6 nitrogen and oxygen atoms in total. The Morgan fingerprint density at radius 2 is 1.43 bits per heavy atom. The van der Waals surface area contributed by atoms with Gasteiger partial charge in [-0.15, -0.1) is 0 Å². The number of nitrogens with zero attached hydrogens (tertiary/aromatic N) is 3. The lowest BCUT2D eigenvalue weighted by atomic mass is 10.1. The van der Waals surface area contributed by atoms with Gasteiger partial charge in [0.25, 0.3) is 10.0 Å². The third-order valence-corrected chi connectivity index (χ3v) is 8.17. The van der Waals surface area contributed by atoms with E-state index in [0.717, 1.165) is 27.6 Å².